The Kier molecular flexibility index (Phi) is 3.99. The summed E-state index contributed by atoms with van der Waals surface area (Å²) in [6.07, 6.45) is 1.62. The molecule has 0 aliphatic heterocycles. The molecular formula is C10H12FNO2S. The fourth-order valence-corrected chi connectivity index (χ4v) is 1.57. The Morgan fingerprint density at radius 3 is 2.67 bits per heavy atom. The summed E-state index contributed by atoms with van der Waals surface area (Å²) in [7, 11) is -3.79. The molecule has 1 rings (SSSR count). The average molecular weight is 229 g/mol. The van der Waals surface area contributed by atoms with Crippen LogP contribution in [0.4, 0.5) is 4.39 Å². The number of alkyl halides is 1. The van der Waals surface area contributed by atoms with Crippen LogP contribution in [0, 0.1) is 0 Å². The largest absolute Gasteiger partial charge is 0.241 e. The first-order valence-corrected chi connectivity index (χ1v) is 5.98. The van der Waals surface area contributed by atoms with Crippen molar-refractivity contribution in [3.8, 4) is 0 Å². The van der Waals surface area contributed by atoms with Gasteiger partial charge in [0.1, 0.15) is 0 Å². The molecule has 0 aliphatic rings. The van der Waals surface area contributed by atoms with Crippen LogP contribution in [-0.4, -0.2) is 14.4 Å². The molecule has 0 amide bonds. The fourth-order valence-electron chi connectivity index (χ4n) is 1.12. The van der Waals surface area contributed by atoms with Crippen molar-refractivity contribution >= 4 is 16.1 Å². The van der Waals surface area contributed by atoms with Crippen LogP contribution in [-0.2, 0) is 16.6 Å². The zero-order valence-electron chi connectivity index (χ0n) is 8.11. The van der Waals surface area contributed by atoms with Crippen LogP contribution in [0.25, 0.3) is 6.08 Å². The third-order valence-electron chi connectivity index (χ3n) is 1.90. The highest BCUT2D eigenvalue weighted by molar-refractivity contribution is 7.89. The molecule has 0 fully saturated rings. The molecular weight excluding hydrogens is 217 g/mol. The number of hydrogen-bond donors (Lipinski definition) is 1. The zero-order chi connectivity index (χ0) is 11.3. The van der Waals surface area contributed by atoms with E-state index >= 15 is 0 Å². The highest BCUT2D eigenvalue weighted by atomic mass is 32.2. The molecule has 0 saturated carbocycles. The summed E-state index contributed by atoms with van der Waals surface area (Å²) in [5.74, 6) is 0. The smallest absolute Gasteiger partial charge is 0.232 e. The maximum absolute atomic E-state index is 12.0. The molecule has 3 nitrogen and oxygen atoms in total. The molecule has 0 unspecified atom stereocenters. The van der Waals surface area contributed by atoms with Gasteiger partial charge in [-0.3, -0.25) is 0 Å². The molecule has 0 aliphatic carbocycles. The zero-order valence-corrected chi connectivity index (χ0v) is 8.93. The SMILES string of the molecule is C=Cc1ccccc1CNS(=O)(=O)CF. The Morgan fingerprint density at radius 2 is 2.07 bits per heavy atom. The second kappa shape index (κ2) is 5.04. The number of hydrogen-bond acceptors (Lipinski definition) is 2. The van der Waals surface area contributed by atoms with Crippen LogP contribution in [0.2, 0.25) is 0 Å². The van der Waals surface area contributed by atoms with Crippen molar-refractivity contribution in [2.45, 2.75) is 6.54 Å². The Bertz CT molecular complexity index is 442. The van der Waals surface area contributed by atoms with Gasteiger partial charge in [-0.15, -0.1) is 0 Å². The number of rotatable bonds is 5. The lowest BCUT2D eigenvalue weighted by Gasteiger charge is -2.06. The normalized spacial score (nSPS) is 11.3. The van der Waals surface area contributed by atoms with Crippen molar-refractivity contribution in [3.05, 3.63) is 42.0 Å². The van der Waals surface area contributed by atoms with Crippen LogP contribution in [0.15, 0.2) is 30.8 Å². The van der Waals surface area contributed by atoms with E-state index in [4.69, 9.17) is 0 Å². The molecule has 1 N–H and O–H groups in total. The standard InChI is InChI=1S/C10H12FNO2S/c1-2-9-5-3-4-6-10(9)7-12-15(13,14)8-11/h2-6,12H,1,7-8H2. The van der Waals surface area contributed by atoms with Gasteiger partial charge in [0.15, 0.2) is 0 Å². The van der Waals surface area contributed by atoms with Crippen molar-refractivity contribution in [1.29, 1.82) is 0 Å². The topological polar surface area (TPSA) is 46.2 Å². The third kappa shape index (κ3) is 3.45. The highest BCUT2D eigenvalue weighted by Gasteiger charge is 2.08. The van der Waals surface area contributed by atoms with Gasteiger partial charge in [0.25, 0.3) is 0 Å². The van der Waals surface area contributed by atoms with Gasteiger partial charge in [0, 0.05) is 6.54 Å². The van der Waals surface area contributed by atoms with Crippen LogP contribution >= 0.6 is 0 Å². The molecule has 1 aromatic rings. The Hall–Kier alpha value is -1.20. The highest BCUT2D eigenvalue weighted by Crippen LogP contribution is 2.09. The van der Waals surface area contributed by atoms with E-state index in [1.54, 1.807) is 18.2 Å². The molecule has 0 spiro atoms. The molecule has 0 atom stereocenters. The van der Waals surface area contributed by atoms with Gasteiger partial charge in [-0.25, -0.2) is 17.5 Å². The summed E-state index contributed by atoms with van der Waals surface area (Å²) in [5, 5.41) is 0. The van der Waals surface area contributed by atoms with Crippen LogP contribution < -0.4 is 4.72 Å². The van der Waals surface area contributed by atoms with Crippen LogP contribution in [0.3, 0.4) is 0 Å². The van der Waals surface area contributed by atoms with Gasteiger partial charge < -0.3 is 0 Å². The Morgan fingerprint density at radius 1 is 1.40 bits per heavy atom. The van der Waals surface area contributed by atoms with Crippen molar-refractivity contribution in [3.63, 3.8) is 0 Å². The van der Waals surface area contributed by atoms with E-state index in [-0.39, 0.29) is 6.54 Å². The van der Waals surface area contributed by atoms with E-state index in [1.807, 2.05) is 12.1 Å². The predicted octanol–water partition coefficient (Wildman–Crippen LogP) is 1.68. The van der Waals surface area contributed by atoms with Crippen molar-refractivity contribution in [2.24, 2.45) is 0 Å². The van der Waals surface area contributed by atoms with Gasteiger partial charge in [-0.1, -0.05) is 36.9 Å². The monoisotopic (exact) mass is 229 g/mol. The van der Waals surface area contributed by atoms with E-state index in [0.29, 0.717) is 0 Å². The lowest BCUT2D eigenvalue weighted by Crippen LogP contribution is -2.24. The minimum Gasteiger partial charge on any atom is -0.232 e. The average Bonchev–Trinajstić information content (AvgIpc) is 2.27. The summed E-state index contributed by atoms with van der Waals surface area (Å²) in [6, 6.07) is 5.78. The maximum Gasteiger partial charge on any atom is 0.241 e. The van der Waals surface area contributed by atoms with Gasteiger partial charge in [-0.05, 0) is 11.1 Å². The number of nitrogens with one attached hydrogen (secondary N) is 1. The molecule has 1 aromatic carbocycles. The molecule has 5 heteroatoms. The number of halogens is 1. The molecule has 0 bridgehead atoms. The summed E-state index contributed by atoms with van der Waals surface area (Å²) in [4.78, 5) is 0. The Balaban J connectivity index is 2.78. The molecule has 0 aromatic heterocycles. The van der Waals surface area contributed by atoms with Crippen molar-refractivity contribution in [2.75, 3.05) is 6.01 Å². The van der Waals surface area contributed by atoms with Crippen molar-refractivity contribution in [1.82, 2.24) is 4.72 Å². The Labute approximate surface area is 88.7 Å². The number of sulfonamides is 1. The maximum atomic E-state index is 12.0. The van der Waals surface area contributed by atoms with Gasteiger partial charge in [0.2, 0.25) is 16.0 Å². The molecule has 0 saturated heterocycles. The first-order valence-electron chi connectivity index (χ1n) is 4.32. The van der Waals surface area contributed by atoms with E-state index in [2.05, 4.69) is 11.3 Å². The lowest BCUT2D eigenvalue weighted by atomic mass is 10.1. The quantitative estimate of drug-likeness (QED) is 0.835. The van der Waals surface area contributed by atoms with E-state index < -0.39 is 16.0 Å². The van der Waals surface area contributed by atoms with Crippen LogP contribution in [0.1, 0.15) is 11.1 Å². The van der Waals surface area contributed by atoms with Crippen molar-refractivity contribution < 1.29 is 12.8 Å². The van der Waals surface area contributed by atoms with Gasteiger partial charge >= 0.3 is 0 Å². The minimum atomic E-state index is -3.79. The second-order valence-electron chi connectivity index (χ2n) is 2.95. The first kappa shape index (κ1) is 11.9. The van der Waals surface area contributed by atoms with E-state index in [9.17, 15) is 12.8 Å². The van der Waals surface area contributed by atoms with E-state index in [0.717, 1.165) is 11.1 Å². The molecule has 15 heavy (non-hydrogen) atoms. The van der Waals surface area contributed by atoms with E-state index in [1.165, 1.54) is 0 Å². The molecule has 0 heterocycles. The fraction of sp³-hybridized carbons (Fsp3) is 0.200. The molecule has 82 valence electrons. The first-order chi connectivity index (χ1) is 7.09. The predicted molar refractivity (Wildman–Crippen MR) is 58.3 cm³/mol. The minimum absolute atomic E-state index is 0.0778. The summed E-state index contributed by atoms with van der Waals surface area (Å²) < 4.78 is 35.9. The van der Waals surface area contributed by atoms with Crippen LogP contribution in [0.5, 0.6) is 0 Å². The lowest BCUT2D eigenvalue weighted by molar-refractivity contribution is 0.523. The molecule has 0 radical (unpaired) electrons. The second-order valence-corrected chi connectivity index (χ2v) is 4.68. The number of benzene rings is 1. The third-order valence-corrected chi connectivity index (χ3v) is 2.77. The summed E-state index contributed by atoms with van der Waals surface area (Å²) in [5.41, 5.74) is 1.60. The van der Waals surface area contributed by atoms with Gasteiger partial charge in [-0.2, -0.15) is 0 Å². The van der Waals surface area contributed by atoms with Gasteiger partial charge in [0.05, 0.1) is 0 Å². The summed E-state index contributed by atoms with van der Waals surface area (Å²) >= 11 is 0. The summed E-state index contributed by atoms with van der Waals surface area (Å²) in [6.45, 7) is 3.68.